The summed E-state index contributed by atoms with van der Waals surface area (Å²) in [4.78, 5) is 0. The lowest BCUT2D eigenvalue weighted by molar-refractivity contribution is 0.625. The molecule has 0 radical (unpaired) electrons. The van der Waals surface area contributed by atoms with Gasteiger partial charge in [0.1, 0.15) is 11.6 Å². The molecule has 0 unspecified atom stereocenters. The molecule has 0 fully saturated rings. The van der Waals surface area contributed by atoms with Crippen molar-refractivity contribution in [3.05, 3.63) is 72.6 Å². The fourth-order valence-corrected chi connectivity index (χ4v) is 1.87. The summed E-state index contributed by atoms with van der Waals surface area (Å²) in [5.41, 5.74) is 2.36. The van der Waals surface area contributed by atoms with Crippen LogP contribution in [0.25, 0.3) is 16.8 Å². The lowest BCUT2D eigenvalue weighted by atomic mass is 10.1. The molecule has 0 aliphatic carbocycles. The van der Waals surface area contributed by atoms with E-state index in [1.807, 2.05) is 0 Å². The number of halogens is 2. The molecular weight excluding hydrogens is 246 g/mol. The Hall–Kier alpha value is -2.49. The zero-order valence-electron chi connectivity index (χ0n) is 9.92. The standard InChI is InChI=1S/C15H10F2N2/c16-13-6-4-11(5-7-13)12-9-18-19(10-12)15-3-1-2-14(17)8-15/h1-10H. The van der Waals surface area contributed by atoms with Gasteiger partial charge < -0.3 is 0 Å². The topological polar surface area (TPSA) is 17.8 Å². The van der Waals surface area contributed by atoms with E-state index in [0.717, 1.165) is 11.1 Å². The van der Waals surface area contributed by atoms with Crippen LogP contribution >= 0.6 is 0 Å². The molecule has 1 aromatic heterocycles. The molecule has 19 heavy (non-hydrogen) atoms. The largest absolute Gasteiger partial charge is 0.240 e. The van der Waals surface area contributed by atoms with Crippen LogP contribution in [0, 0.1) is 11.6 Å². The summed E-state index contributed by atoms with van der Waals surface area (Å²) in [6.07, 6.45) is 3.44. The minimum atomic E-state index is -0.309. The van der Waals surface area contributed by atoms with Crippen molar-refractivity contribution in [3.63, 3.8) is 0 Å². The van der Waals surface area contributed by atoms with Gasteiger partial charge in [-0.05, 0) is 35.9 Å². The molecule has 0 amide bonds. The number of rotatable bonds is 2. The van der Waals surface area contributed by atoms with Gasteiger partial charge in [0.15, 0.2) is 0 Å². The highest BCUT2D eigenvalue weighted by molar-refractivity contribution is 5.62. The maximum Gasteiger partial charge on any atom is 0.125 e. The molecule has 0 spiro atoms. The Morgan fingerprint density at radius 1 is 0.842 bits per heavy atom. The van der Waals surface area contributed by atoms with Gasteiger partial charge in [0.2, 0.25) is 0 Å². The van der Waals surface area contributed by atoms with Crippen LogP contribution in [0.1, 0.15) is 0 Å². The number of benzene rings is 2. The van der Waals surface area contributed by atoms with Crippen LogP contribution in [0.3, 0.4) is 0 Å². The second-order valence-corrected chi connectivity index (χ2v) is 4.16. The highest BCUT2D eigenvalue weighted by Gasteiger charge is 2.04. The lowest BCUT2D eigenvalue weighted by Gasteiger charge is -2.00. The first kappa shape index (κ1) is 11.6. The van der Waals surface area contributed by atoms with E-state index in [0.29, 0.717) is 5.69 Å². The minimum Gasteiger partial charge on any atom is -0.240 e. The van der Waals surface area contributed by atoms with Crippen molar-refractivity contribution in [2.45, 2.75) is 0 Å². The molecule has 3 rings (SSSR count). The number of hydrogen-bond donors (Lipinski definition) is 0. The second-order valence-electron chi connectivity index (χ2n) is 4.16. The third-order valence-corrected chi connectivity index (χ3v) is 2.83. The van der Waals surface area contributed by atoms with Gasteiger partial charge in [0.05, 0.1) is 11.9 Å². The average molecular weight is 256 g/mol. The summed E-state index contributed by atoms with van der Waals surface area (Å²) >= 11 is 0. The average Bonchev–Trinajstić information content (AvgIpc) is 2.89. The molecule has 0 saturated heterocycles. The van der Waals surface area contributed by atoms with Gasteiger partial charge in [-0.25, -0.2) is 13.5 Å². The molecule has 4 heteroatoms. The van der Waals surface area contributed by atoms with Crippen molar-refractivity contribution in [1.29, 1.82) is 0 Å². The summed E-state index contributed by atoms with van der Waals surface area (Å²) in [6.45, 7) is 0. The maximum absolute atomic E-state index is 13.1. The lowest BCUT2D eigenvalue weighted by Crippen LogP contribution is -1.94. The van der Waals surface area contributed by atoms with Crippen LogP contribution < -0.4 is 0 Å². The van der Waals surface area contributed by atoms with E-state index in [2.05, 4.69) is 5.10 Å². The molecule has 2 nitrogen and oxygen atoms in total. The van der Waals surface area contributed by atoms with Crippen molar-refractivity contribution >= 4 is 0 Å². The van der Waals surface area contributed by atoms with E-state index >= 15 is 0 Å². The van der Waals surface area contributed by atoms with E-state index in [4.69, 9.17) is 0 Å². The Morgan fingerprint density at radius 3 is 2.37 bits per heavy atom. The third-order valence-electron chi connectivity index (χ3n) is 2.83. The Labute approximate surface area is 108 Å². The highest BCUT2D eigenvalue weighted by atomic mass is 19.1. The minimum absolute atomic E-state index is 0.277. The zero-order chi connectivity index (χ0) is 13.2. The Kier molecular flexibility index (Phi) is 2.83. The first-order valence-electron chi connectivity index (χ1n) is 5.79. The quantitative estimate of drug-likeness (QED) is 0.681. The van der Waals surface area contributed by atoms with Crippen LogP contribution in [0.2, 0.25) is 0 Å². The van der Waals surface area contributed by atoms with E-state index in [1.165, 1.54) is 24.3 Å². The van der Waals surface area contributed by atoms with Crippen molar-refractivity contribution < 1.29 is 8.78 Å². The van der Waals surface area contributed by atoms with Crippen molar-refractivity contribution in [2.24, 2.45) is 0 Å². The second kappa shape index (κ2) is 4.65. The van der Waals surface area contributed by atoms with E-state index in [1.54, 1.807) is 41.3 Å². The van der Waals surface area contributed by atoms with Gasteiger partial charge in [0.25, 0.3) is 0 Å². The monoisotopic (exact) mass is 256 g/mol. The summed E-state index contributed by atoms with van der Waals surface area (Å²) in [5, 5.41) is 4.18. The van der Waals surface area contributed by atoms with Crippen molar-refractivity contribution in [2.75, 3.05) is 0 Å². The van der Waals surface area contributed by atoms with Crippen molar-refractivity contribution in [1.82, 2.24) is 9.78 Å². The number of hydrogen-bond acceptors (Lipinski definition) is 1. The predicted molar refractivity (Wildman–Crippen MR) is 68.9 cm³/mol. The molecule has 1 heterocycles. The van der Waals surface area contributed by atoms with Crippen LogP contribution in [-0.4, -0.2) is 9.78 Å². The molecule has 0 N–H and O–H groups in total. The summed E-state index contributed by atoms with van der Waals surface area (Å²) in [6, 6.07) is 12.3. The normalized spacial score (nSPS) is 10.6. The van der Waals surface area contributed by atoms with E-state index < -0.39 is 0 Å². The number of nitrogens with zero attached hydrogens (tertiary/aromatic N) is 2. The van der Waals surface area contributed by atoms with Crippen LogP contribution in [0.5, 0.6) is 0 Å². The SMILES string of the molecule is Fc1ccc(-c2cnn(-c3cccc(F)c3)c2)cc1. The van der Waals surface area contributed by atoms with Crippen LogP contribution in [-0.2, 0) is 0 Å². The Morgan fingerprint density at radius 2 is 1.63 bits per heavy atom. The molecule has 0 saturated carbocycles. The molecule has 0 aliphatic rings. The zero-order valence-corrected chi connectivity index (χ0v) is 9.92. The van der Waals surface area contributed by atoms with E-state index in [-0.39, 0.29) is 11.6 Å². The van der Waals surface area contributed by atoms with Gasteiger partial charge in [-0.2, -0.15) is 5.10 Å². The van der Waals surface area contributed by atoms with Crippen LogP contribution in [0.15, 0.2) is 60.9 Å². The summed E-state index contributed by atoms with van der Waals surface area (Å²) < 4.78 is 27.6. The summed E-state index contributed by atoms with van der Waals surface area (Å²) in [5.74, 6) is -0.586. The molecule has 94 valence electrons. The molecule has 0 atom stereocenters. The van der Waals surface area contributed by atoms with Gasteiger partial charge in [0, 0.05) is 11.8 Å². The van der Waals surface area contributed by atoms with Crippen LogP contribution in [0.4, 0.5) is 8.78 Å². The van der Waals surface area contributed by atoms with Crippen molar-refractivity contribution in [3.8, 4) is 16.8 Å². The maximum atomic E-state index is 13.1. The molecule has 0 aliphatic heterocycles. The third kappa shape index (κ3) is 2.38. The predicted octanol–water partition coefficient (Wildman–Crippen LogP) is 3.82. The van der Waals surface area contributed by atoms with Gasteiger partial charge in [-0.1, -0.05) is 18.2 Å². The summed E-state index contributed by atoms with van der Waals surface area (Å²) in [7, 11) is 0. The molecule has 0 bridgehead atoms. The van der Waals surface area contributed by atoms with Gasteiger partial charge in [-0.3, -0.25) is 0 Å². The first-order chi connectivity index (χ1) is 9.22. The van der Waals surface area contributed by atoms with E-state index in [9.17, 15) is 8.78 Å². The smallest absolute Gasteiger partial charge is 0.125 e. The Balaban J connectivity index is 1.97. The fourth-order valence-electron chi connectivity index (χ4n) is 1.87. The first-order valence-corrected chi connectivity index (χ1v) is 5.79. The molecule has 2 aromatic carbocycles. The van der Waals surface area contributed by atoms with Gasteiger partial charge >= 0.3 is 0 Å². The Bertz CT molecular complexity index is 702. The highest BCUT2D eigenvalue weighted by Crippen LogP contribution is 2.20. The molecule has 3 aromatic rings. The molecular formula is C15H10F2N2. The van der Waals surface area contributed by atoms with Gasteiger partial charge in [-0.15, -0.1) is 0 Å². The fraction of sp³-hybridized carbons (Fsp3) is 0. The number of aromatic nitrogens is 2.